The summed E-state index contributed by atoms with van der Waals surface area (Å²) in [6, 6.07) is 0. The maximum Gasteiger partial charge on any atom is 0.194 e. The zero-order chi connectivity index (χ0) is 18.1. The Morgan fingerprint density at radius 2 is 2.00 bits per heavy atom. The lowest BCUT2D eigenvalue weighted by Gasteiger charge is -2.45. The number of guanidine groups is 1. The van der Waals surface area contributed by atoms with Crippen LogP contribution >= 0.6 is 0 Å². The Morgan fingerprint density at radius 3 is 2.60 bits per heavy atom. The molecule has 1 N–H and O–H groups in total. The van der Waals surface area contributed by atoms with Crippen molar-refractivity contribution in [2.75, 3.05) is 25.9 Å². The van der Waals surface area contributed by atoms with Gasteiger partial charge in [-0.3, -0.25) is 4.99 Å². The molecule has 0 amide bonds. The molecule has 0 aromatic carbocycles. The maximum absolute atomic E-state index is 12.7. The van der Waals surface area contributed by atoms with Gasteiger partial charge in [0.1, 0.15) is 5.82 Å². The van der Waals surface area contributed by atoms with Gasteiger partial charge in [0.2, 0.25) is 0 Å². The highest BCUT2D eigenvalue weighted by molar-refractivity contribution is 7.92. The fourth-order valence-electron chi connectivity index (χ4n) is 3.91. The second-order valence-corrected chi connectivity index (χ2v) is 9.61. The number of hydrogen-bond donors (Lipinski definition) is 1. The predicted octanol–water partition coefficient (Wildman–Crippen LogP) is 0.632. The monoisotopic (exact) mass is 368 g/mol. The van der Waals surface area contributed by atoms with Gasteiger partial charge in [-0.15, -0.1) is 10.2 Å². The first-order chi connectivity index (χ1) is 11.9. The molecule has 1 aromatic rings. The summed E-state index contributed by atoms with van der Waals surface area (Å²) in [6.07, 6.45) is 4.67. The molecule has 140 valence electrons. The first kappa shape index (κ1) is 18.2. The van der Waals surface area contributed by atoms with Gasteiger partial charge >= 0.3 is 0 Å². The molecule has 2 fully saturated rings. The highest BCUT2D eigenvalue weighted by Crippen LogP contribution is 2.38. The van der Waals surface area contributed by atoms with E-state index < -0.39 is 14.6 Å². The summed E-state index contributed by atoms with van der Waals surface area (Å²) in [5.41, 5.74) is 0. The van der Waals surface area contributed by atoms with Crippen LogP contribution in [-0.2, 0) is 23.4 Å². The van der Waals surface area contributed by atoms with Crippen molar-refractivity contribution in [3.8, 4) is 0 Å². The molecular formula is C16H28N6O2S. The van der Waals surface area contributed by atoms with E-state index in [2.05, 4.69) is 25.4 Å². The predicted molar refractivity (Wildman–Crippen MR) is 97.1 cm³/mol. The zero-order valence-corrected chi connectivity index (χ0v) is 16.1. The lowest BCUT2D eigenvalue weighted by Crippen LogP contribution is -2.60. The van der Waals surface area contributed by atoms with Gasteiger partial charge in [0.25, 0.3) is 0 Å². The van der Waals surface area contributed by atoms with E-state index in [9.17, 15) is 8.42 Å². The third-order valence-electron chi connectivity index (χ3n) is 5.63. The maximum atomic E-state index is 12.7. The minimum absolute atomic E-state index is 0.205. The second-order valence-electron chi connectivity index (χ2n) is 7.11. The van der Waals surface area contributed by atoms with Crippen LogP contribution in [0, 0.1) is 6.92 Å². The van der Waals surface area contributed by atoms with E-state index >= 15 is 0 Å². The summed E-state index contributed by atoms with van der Waals surface area (Å²) in [5.74, 6) is 2.63. The summed E-state index contributed by atoms with van der Waals surface area (Å²) >= 11 is 0. The lowest BCUT2D eigenvalue weighted by atomic mass is 9.87. The van der Waals surface area contributed by atoms with E-state index in [1.807, 2.05) is 18.5 Å². The SMILES string of the molecule is CN=C(NCc1nnc(C)n1C)N1CCS(=O)(=O)C2(CCCCC2)C1. The first-order valence-corrected chi connectivity index (χ1v) is 10.6. The van der Waals surface area contributed by atoms with Crippen LogP contribution in [0.3, 0.4) is 0 Å². The normalized spacial score (nSPS) is 23.0. The van der Waals surface area contributed by atoms with Crippen LogP contribution in [-0.4, -0.2) is 64.7 Å². The van der Waals surface area contributed by atoms with E-state index in [4.69, 9.17) is 0 Å². The van der Waals surface area contributed by atoms with Gasteiger partial charge < -0.3 is 14.8 Å². The molecule has 1 saturated carbocycles. The summed E-state index contributed by atoms with van der Waals surface area (Å²) in [5, 5.41) is 11.5. The Labute approximate surface area is 149 Å². The van der Waals surface area contributed by atoms with Crippen LogP contribution in [0.5, 0.6) is 0 Å². The standard InChI is InChI=1S/C16H28N6O2S/c1-13-19-20-14(21(13)3)11-18-15(17-2)22-9-10-25(23,24)16(12-22)7-5-4-6-8-16/h4-12H2,1-3H3,(H,17,18). The van der Waals surface area contributed by atoms with Crippen molar-refractivity contribution < 1.29 is 8.42 Å². The largest absolute Gasteiger partial charge is 0.349 e. The molecule has 1 aromatic heterocycles. The number of nitrogens with one attached hydrogen (secondary N) is 1. The smallest absolute Gasteiger partial charge is 0.194 e. The molecule has 25 heavy (non-hydrogen) atoms. The zero-order valence-electron chi connectivity index (χ0n) is 15.3. The first-order valence-electron chi connectivity index (χ1n) is 8.91. The molecule has 2 aliphatic rings. The highest BCUT2D eigenvalue weighted by atomic mass is 32.2. The Balaban J connectivity index is 1.72. The van der Waals surface area contributed by atoms with Crippen molar-refractivity contribution in [3.63, 3.8) is 0 Å². The van der Waals surface area contributed by atoms with Crippen molar-refractivity contribution in [2.45, 2.75) is 50.3 Å². The van der Waals surface area contributed by atoms with Crippen molar-refractivity contribution in [2.24, 2.45) is 12.0 Å². The molecule has 0 unspecified atom stereocenters. The minimum Gasteiger partial charge on any atom is -0.349 e. The Hall–Kier alpha value is -1.64. The number of hydrogen-bond acceptors (Lipinski definition) is 5. The number of aliphatic imine (C=N–C) groups is 1. The summed E-state index contributed by atoms with van der Waals surface area (Å²) in [7, 11) is 0.625. The fraction of sp³-hybridized carbons (Fsp3) is 0.812. The molecule has 2 heterocycles. The van der Waals surface area contributed by atoms with Gasteiger partial charge in [-0.25, -0.2) is 8.42 Å². The van der Waals surface area contributed by atoms with Crippen molar-refractivity contribution in [1.29, 1.82) is 0 Å². The third-order valence-corrected chi connectivity index (χ3v) is 8.21. The summed E-state index contributed by atoms with van der Waals surface area (Å²) < 4.78 is 26.8. The average Bonchev–Trinajstić information content (AvgIpc) is 2.92. The molecule has 0 radical (unpaired) electrons. The fourth-order valence-corrected chi connectivity index (χ4v) is 6.07. The number of aryl methyl sites for hydroxylation is 1. The molecule has 1 aliphatic heterocycles. The van der Waals surface area contributed by atoms with Gasteiger partial charge in [0.15, 0.2) is 21.6 Å². The average molecular weight is 369 g/mol. The van der Waals surface area contributed by atoms with Gasteiger partial charge in [-0.1, -0.05) is 19.3 Å². The van der Waals surface area contributed by atoms with Crippen molar-refractivity contribution >= 4 is 15.8 Å². The van der Waals surface area contributed by atoms with Crippen molar-refractivity contribution in [1.82, 2.24) is 25.0 Å². The van der Waals surface area contributed by atoms with Crippen LogP contribution in [0.15, 0.2) is 4.99 Å². The molecule has 1 spiro atoms. The molecule has 3 rings (SSSR count). The van der Waals surface area contributed by atoms with Gasteiger partial charge in [-0.2, -0.15) is 0 Å². The topological polar surface area (TPSA) is 92.5 Å². The molecule has 0 bridgehead atoms. The van der Waals surface area contributed by atoms with E-state index in [0.717, 1.165) is 49.7 Å². The second kappa shape index (κ2) is 6.93. The van der Waals surface area contributed by atoms with Crippen LogP contribution in [0.25, 0.3) is 0 Å². The van der Waals surface area contributed by atoms with Gasteiger partial charge in [-0.05, 0) is 19.8 Å². The van der Waals surface area contributed by atoms with Crippen LogP contribution < -0.4 is 5.32 Å². The quantitative estimate of drug-likeness (QED) is 0.608. The van der Waals surface area contributed by atoms with E-state index in [1.165, 1.54) is 0 Å². The van der Waals surface area contributed by atoms with Crippen molar-refractivity contribution in [3.05, 3.63) is 11.6 Å². The molecular weight excluding hydrogens is 340 g/mol. The Kier molecular flexibility index (Phi) is 5.04. The van der Waals surface area contributed by atoms with Crippen LogP contribution in [0.1, 0.15) is 43.8 Å². The van der Waals surface area contributed by atoms with Gasteiger partial charge in [0.05, 0.1) is 17.0 Å². The molecule has 9 heteroatoms. The highest BCUT2D eigenvalue weighted by Gasteiger charge is 2.48. The number of sulfone groups is 1. The third kappa shape index (κ3) is 3.38. The van der Waals surface area contributed by atoms with E-state index in [-0.39, 0.29) is 5.75 Å². The minimum atomic E-state index is -3.04. The Morgan fingerprint density at radius 1 is 1.28 bits per heavy atom. The summed E-state index contributed by atoms with van der Waals surface area (Å²) in [4.78, 5) is 6.46. The lowest BCUT2D eigenvalue weighted by molar-refractivity contribution is 0.273. The van der Waals surface area contributed by atoms with E-state index in [1.54, 1.807) is 7.05 Å². The Bertz CT molecular complexity index is 749. The molecule has 0 atom stereocenters. The van der Waals surface area contributed by atoms with Crippen LogP contribution in [0.2, 0.25) is 0 Å². The number of nitrogens with zero attached hydrogens (tertiary/aromatic N) is 5. The summed E-state index contributed by atoms with van der Waals surface area (Å²) in [6.45, 7) is 3.45. The molecule has 8 nitrogen and oxygen atoms in total. The number of aromatic nitrogens is 3. The van der Waals surface area contributed by atoms with E-state index in [0.29, 0.717) is 19.6 Å². The molecule has 1 saturated heterocycles. The van der Waals surface area contributed by atoms with Gasteiger partial charge in [0, 0.05) is 27.2 Å². The number of rotatable bonds is 2. The molecule has 1 aliphatic carbocycles. The van der Waals surface area contributed by atoms with Crippen LogP contribution in [0.4, 0.5) is 0 Å².